The summed E-state index contributed by atoms with van der Waals surface area (Å²) in [6.07, 6.45) is 1.24. The van der Waals surface area contributed by atoms with Gasteiger partial charge in [-0.2, -0.15) is 0 Å². The lowest BCUT2D eigenvalue weighted by Gasteiger charge is -2.26. The van der Waals surface area contributed by atoms with E-state index in [4.69, 9.17) is 10.8 Å². The molecular formula is C11H25N3O. The van der Waals surface area contributed by atoms with Crippen LogP contribution in [0.25, 0.3) is 0 Å². The highest BCUT2D eigenvalue weighted by atomic mass is 16.3. The van der Waals surface area contributed by atoms with Crippen LogP contribution in [0, 0.1) is 0 Å². The fraction of sp³-hybridized carbons (Fsp3) is 1.00. The number of nitrogens with two attached hydrogens (primary N) is 1. The van der Waals surface area contributed by atoms with Crippen molar-refractivity contribution in [3.63, 3.8) is 0 Å². The summed E-state index contributed by atoms with van der Waals surface area (Å²) in [4.78, 5) is 4.87. The van der Waals surface area contributed by atoms with Gasteiger partial charge in [0, 0.05) is 25.2 Å². The van der Waals surface area contributed by atoms with Crippen LogP contribution in [0.4, 0.5) is 0 Å². The Bertz CT molecular complexity index is 173. The summed E-state index contributed by atoms with van der Waals surface area (Å²) >= 11 is 0. The van der Waals surface area contributed by atoms with Gasteiger partial charge < -0.3 is 15.7 Å². The van der Waals surface area contributed by atoms with Crippen LogP contribution in [-0.4, -0.2) is 66.3 Å². The van der Waals surface area contributed by atoms with Crippen molar-refractivity contribution in [3.05, 3.63) is 0 Å². The van der Waals surface area contributed by atoms with Crippen LogP contribution in [0.1, 0.15) is 20.3 Å². The van der Waals surface area contributed by atoms with E-state index in [1.807, 2.05) is 0 Å². The summed E-state index contributed by atoms with van der Waals surface area (Å²) in [6, 6.07) is 0.603. The third-order valence-electron chi connectivity index (χ3n) is 3.30. The second kappa shape index (κ2) is 6.43. The van der Waals surface area contributed by atoms with Gasteiger partial charge in [0.1, 0.15) is 0 Å². The van der Waals surface area contributed by atoms with E-state index in [-0.39, 0.29) is 12.6 Å². The number of likely N-dealkylation sites (tertiary alicyclic amines) is 1. The Kier molecular flexibility index (Phi) is 5.53. The van der Waals surface area contributed by atoms with Crippen molar-refractivity contribution in [1.82, 2.24) is 9.80 Å². The summed E-state index contributed by atoms with van der Waals surface area (Å²) in [5.41, 5.74) is 5.73. The normalized spacial score (nSPS) is 25.0. The molecule has 3 N–H and O–H groups in total. The Morgan fingerprint density at radius 1 is 1.47 bits per heavy atom. The van der Waals surface area contributed by atoms with E-state index in [0.717, 1.165) is 32.7 Å². The number of aliphatic hydroxyl groups excluding tert-OH is 1. The van der Waals surface area contributed by atoms with Crippen molar-refractivity contribution in [1.29, 1.82) is 0 Å². The molecule has 0 amide bonds. The molecular weight excluding hydrogens is 190 g/mol. The van der Waals surface area contributed by atoms with Gasteiger partial charge >= 0.3 is 0 Å². The van der Waals surface area contributed by atoms with Crippen molar-refractivity contribution in [2.45, 2.75) is 32.4 Å². The van der Waals surface area contributed by atoms with Crippen molar-refractivity contribution >= 4 is 0 Å². The average molecular weight is 215 g/mol. The zero-order valence-corrected chi connectivity index (χ0v) is 10.0. The van der Waals surface area contributed by atoms with Crippen LogP contribution >= 0.6 is 0 Å². The summed E-state index contributed by atoms with van der Waals surface area (Å²) in [6.45, 7) is 9.82. The molecule has 0 aromatic heterocycles. The van der Waals surface area contributed by atoms with E-state index in [1.165, 1.54) is 6.42 Å². The lowest BCUT2D eigenvalue weighted by atomic mass is 10.2. The van der Waals surface area contributed by atoms with Gasteiger partial charge in [-0.15, -0.1) is 0 Å². The Balaban J connectivity index is 2.31. The summed E-state index contributed by atoms with van der Waals surface area (Å²) in [5.74, 6) is 0. The van der Waals surface area contributed by atoms with Gasteiger partial charge in [-0.25, -0.2) is 0 Å². The summed E-state index contributed by atoms with van der Waals surface area (Å²) < 4.78 is 0. The molecule has 4 heteroatoms. The topological polar surface area (TPSA) is 52.7 Å². The van der Waals surface area contributed by atoms with Gasteiger partial charge in [-0.1, -0.05) is 13.8 Å². The molecule has 0 spiro atoms. The molecule has 0 aromatic rings. The first-order valence-corrected chi connectivity index (χ1v) is 6.04. The molecule has 1 fully saturated rings. The smallest absolute Gasteiger partial charge is 0.0595 e. The van der Waals surface area contributed by atoms with Gasteiger partial charge in [0.2, 0.25) is 0 Å². The number of aliphatic hydroxyl groups is 1. The molecule has 2 atom stereocenters. The fourth-order valence-corrected chi connectivity index (χ4v) is 2.41. The molecule has 2 unspecified atom stereocenters. The maximum Gasteiger partial charge on any atom is 0.0595 e. The van der Waals surface area contributed by atoms with Gasteiger partial charge in [-0.3, -0.25) is 4.90 Å². The van der Waals surface area contributed by atoms with Crippen molar-refractivity contribution in [2.75, 3.05) is 39.3 Å². The van der Waals surface area contributed by atoms with Crippen molar-refractivity contribution in [3.8, 4) is 0 Å². The van der Waals surface area contributed by atoms with E-state index in [0.29, 0.717) is 6.04 Å². The van der Waals surface area contributed by atoms with Crippen LogP contribution in [0.2, 0.25) is 0 Å². The zero-order chi connectivity index (χ0) is 11.3. The van der Waals surface area contributed by atoms with Crippen LogP contribution in [-0.2, 0) is 0 Å². The molecule has 1 heterocycles. The molecule has 0 bridgehead atoms. The molecule has 90 valence electrons. The van der Waals surface area contributed by atoms with Gasteiger partial charge in [0.05, 0.1) is 6.61 Å². The minimum Gasteiger partial charge on any atom is -0.395 e. The molecule has 1 aliphatic rings. The zero-order valence-electron chi connectivity index (χ0n) is 10.0. The number of hydrogen-bond acceptors (Lipinski definition) is 4. The average Bonchev–Trinajstić information content (AvgIpc) is 2.68. The SMILES string of the molecule is CCN(CC)C1CCN(CC(N)CO)C1. The van der Waals surface area contributed by atoms with Crippen molar-refractivity contribution in [2.24, 2.45) is 5.73 Å². The first kappa shape index (κ1) is 12.9. The number of hydrogen-bond donors (Lipinski definition) is 2. The maximum absolute atomic E-state index is 8.90. The van der Waals surface area contributed by atoms with E-state index in [1.54, 1.807) is 0 Å². The highest BCUT2D eigenvalue weighted by Gasteiger charge is 2.26. The second-order valence-electron chi connectivity index (χ2n) is 4.37. The van der Waals surface area contributed by atoms with Crippen LogP contribution in [0.5, 0.6) is 0 Å². The van der Waals surface area contributed by atoms with Crippen LogP contribution < -0.4 is 5.73 Å². The highest BCUT2D eigenvalue weighted by molar-refractivity contribution is 4.84. The first-order chi connectivity index (χ1) is 7.21. The van der Waals surface area contributed by atoms with Crippen LogP contribution in [0.3, 0.4) is 0 Å². The molecule has 4 nitrogen and oxygen atoms in total. The fourth-order valence-electron chi connectivity index (χ4n) is 2.41. The third-order valence-corrected chi connectivity index (χ3v) is 3.30. The lowest BCUT2D eigenvalue weighted by Crippen LogP contribution is -2.41. The minimum atomic E-state index is -0.0829. The molecule has 1 rings (SSSR count). The maximum atomic E-state index is 8.90. The lowest BCUT2D eigenvalue weighted by molar-refractivity contribution is 0.192. The molecule has 0 aliphatic carbocycles. The largest absolute Gasteiger partial charge is 0.395 e. The molecule has 1 saturated heterocycles. The molecule has 15 heavy (non-hydrogen) atoms. The second-order valence-corrected chi connectivity index (χ2v) is 4.37. The Labute approximate surface area is 93.0 Å². The minimum absolute atomic E-state index is 0.0829. The summed E-state index contributed by atoms with van der Waals surface area (Å²) in [5, 5.41) is 8.90. The van der Waals surface area contributed by atoms with Gasteiger partial charge in [0.25, 0.3) is 0 Å². The quantitative estimate of drug-likeness (QED) is 0.640. The molecule has 0 saturated carbocycles. The van der Waals surface area contributed by atoms with Crippen LogP contribution in [0.15, 0.2) is 0 Å². The van der Waals surface area contributed by atoms with E-state index in [9.17, 15) is 0 Å². The Hall–Kier alpha value is -0.160. The Morgan fingerprint density at radius 2 is 2.13 bits per heavy atom. The molecule has 1 aliphatic heterocycles. The van der Waals surface area contributed by atoms with E-state index < -0.39 is 0 Å². The Morgan fingerprint density at radius 3 is 2.67 bits per heavy atom. The first-order valence-electron chi connectivity index (χ1n) is 6.04. The summed E-state index contributed by atoms with van der Waals surface area (Å²) in [7, 11) is 0. The number of likely N-dealkylation sites (N-methyl/N-ethyl adjacent to an activating group) is 1. The van der Waals surface area contributed by atoms with Gasteiger partial charge in [0.15, 0.2) is 0 Å². The molecule has 0 aromatic carbocycles. The number of nitrogens with zero attached hydrogens (tertiary/aromatic N) is 2. The van der Waals surface area contributed by atoms with E-state index in [2.05, 4.69) is 23.6 Å². The highest BCUT2D eigenvalue weighted by Crippen LogP contribution is 2.15. The predicted octanol–water partition coefficient (Wildman–Crippen LogP) is -0.278. The van der Waals surface area contributed by atoms with Crippen molar-refractivity contribution < 1.29 is 5.11 Å². The van der Waals surface area contributed by atoms with E-state index >= 15 is 0 Å². The standard InChI is InChI=1S/C11H25N3O/c1-3-14(4-2)11-5-6-13(8-11)7-10(12)9-15/h10-11,15H,3-9,12H2,1-2H3. The monoisotopic (exact) mass is 215 g/mol. The third kappa shape index (κ3) is 3.72. The molecule has 0 radical (unpaired) electrons. The van der Waals surface area contributed by atoms with Gasteiger partial charge in [-0.05, 0) is 26.1 Å². The number of rotatable bonds is 6. The predicted molar refractivity (Wildman–Crippen MR) is 62.8 cm³/mol.